The molecule has 2 atom stereocenters. The fraction of sp³-hybridized carbons (Fsp3) is 0.923. The molecule has 0 spiro atoms. The van der Waals surface area contributed by atoms with Gasteiger partial charge in [0.05, 0.1) is 11.7 Å². The second-order valence-corrected chi connectivity index (χ2v) is 8.61. The average Bonchev–Trinajstić information content (AvgIpc) is 2.79. The molecule has 116 valence electrons. The minimum Gasteiger partial charge on any atom is -0.481 e. The number of likely N-dealkylation sites (tertiary alicyclic amines) is 1. The van der Waals surface area contributed by atoms with Crippen LogP contribution in [0.15, 0.2) is 0 Å². The first-order valence-electron chi connectivity index (χ1n) is 7.06. The maximum absolute atomic E-state index is 11.7. The number of hydrogen-bond acceptors (Lipinski definition) is 4. The molecule has 2 fully saturated rings. The van der Waals surface area contributed by atoms with Crippen molar-refractivity contribution in [3.63, 3.8) is 0 Å². The van der Waals surface area contributed by atoms with Crippen molar-refractivity contribution < 1.29 is 18.3 Å². The zero-order chi connectivity index (χ0) is 15.1. The van der Waals surface area contributed by atoms with Crippen molar-refractivity contribution in [3.05, 3.63) is 0 Å². The number of aliphatic carboxylic acids is 1. The summed E-state index contributed by atoms with van der Waals surface area (Å²) in [6.07, 6.45) is 2.19. The van der Waals surface area contributed by atoms with Crippen LogP contribution < -0.4 is 0 Å². The van der Waals surface area contributed by atoms with Gasteiger partial charge < -0.3 is 10.0 Å². The van der Waals surface area contributed by atoms with Gasteiger partial charge >= 0.3 is 5.97 Å². The van der Waals surface area contributed by atoms with Crippen LogP contribution in [0, 0.1) is 17.3 Å². The van der Waals surface area contributed by atoms with Gasteiger partial charge in [-0.2, -0.15) is 0 Å². The van der Waals surface area contributed by atoms with Gasteiger partial charge in [-0.05, 0) is 18.9 Å². The number of hydrogen-bond donors (Lipinski definition) is 1. The molecule has 7 heteroatoms. The van der Waals surface area contributed by atoms with E-state index in [0.717, 1.165) is 19.2 Å². The lowest BCUT2D eigenvalue weighted by Crippen LogP contribution is -2.42. The monoisotopic (exact) mass is 304 g/mol. The van der Waals surface area contributed by atoms with Crippen molar-refractivity contribution in [2.45, 2.75) is 20.3 Å². The molecular weight excluding hydrogens is 280 g/mol. The highest BCUT2D eigenvalue weighted by Gasteiger charge is 2.58. The van der Waals surface area contributed by atoms with E-state index >= 15 is 0 Å². The predicted octanol–water partition coefficient (Wildman–Crippen LogP) is 0.311. The summed E-state index contributed by atoms with van der Waals surface area (Å²) in [5, 5.41) is 9.60. The number of carboxylic acid groups (broad SMARTS) is 1. The van der Waals surface area contributed by atoms with Crippen molar-refractivity contribution in [2.24, 2.45) is 17.3 Å². The second-order valence-electron chi connectivity index (χ2n) is 6.63. The quantitative estimate of drug-likeness (QED) is 0.791. The average molecular weight is 304 g/mol. The molecule has 0 saturated carbocycles. The molecular formula is C13H24N2O4S. The zero-order valence-electron chi connectivity index (χ0n) is 12.4. The molecule has 2 saturated heterocycles. The van der Waals surface area contributed by atoms with Crippen LogP contribution in [-0.2, 0) is 14.8 Å². The molecule has 1 N–H and O–H groups in total. The predicted molar refractivity (Wildman–Crippen MR) is 75.9 cm³/mol. The Bertz CT molecular complexity index is 491. The van der Waals surface area contributed by atoms with Crippen LogP contribution in [0.25, 0.3) is 0 Å². The Morgan fingerprint density at radius 1 is 1.35 bits per heavy atom. The van der Waals surface area contributed by atoms with Crippen LogP contribution in [0.1, 0.15) is 20.3 Å². The summed E-state index contributed by atoms with van der Waals surface area (Å²) in [4.78, 5) is 13.9. The summed E-state index contributed by atoms with van der Waals surface area (Å²) in [7, 11) is -3.31. The van der Waals surface area contributed by atoms with Gasteiger partial charge in [0.1, 0.15) is 0 Å². The van der Waals surface area contributed by atoms with Crippen LogP contribution >= 0.6 is 0 Å². The van der Waals surface area contributed by atoms with Crippen molar-refractivity contribution in [1.82, 2.24) is 9.21 Å². The van der Waals surface area contributed by atoms with Gasteiger partial charge in [-0.15, -0.1) is 0 Å². The van der Waals surface area contributed by atoms with Crippen molar-refractivity contribution in [1.29, 1.82) is 0 Å². The lowest BCUT2D eigenvalue weighted by Gasteiger charge is -2.25. The van der Waals surface area contributed by atoms with Crippen LogP contribution in [0.4, 0.5) is 0 Å². The number of rotatable bonds is 5. The molecule has 2 aliphatic rings. The second kappa shape index (κ2) is 5.27. The highest BCUT2D eigenvalue weighted by Crippen LogP contribution is 2.43. The number of fused-ring (bicyclic) bond motifs is 1. The molecule has 0 radical (unpaired) electrons. The van der Waals surface area contributed by atoms with E-state index in [2.05, 4.69) is 18.7 Å². The summed E-state index contributed by atoms with van der Waals surface area (Å²) >= 11 is 0. The lowest BCUT2D eigenvalue weighted by molar-refractivity contribution is -0.148. The summed E-state index contributed by atoms with van der Waals surface area (Å²) in [6, 6.07) is 0. The molecule has 0 bridgehead atoms. The largest absolute Gasteiger partial charge is 0.481 e. The summed E-state index contributed by atoms with van der Waals surface area (Å²) < 4.78 is 24.6. The van der Waals surface area contributed by atoms with E-state index in [4.69, 9.17) is 0 Å². The van der Waals surface area contributed by atoms with Gasteiger partial charge in [-0.1, -0.05) is 13.8 Å². The highest BCUT2D eigenvalue weighted by molar-refractivity contribution is 7.88. The van der Waals surface area contributed by atoms with Gasteiger partial charge in [-0.3, -0.25) is 4.79 Å². The van der Waals surface area contributed by atoms with E-state index < -0.39 is 21.4 Å². The topological polar surface area (TPSA) is 77.9 Å². The van der Waals surface area contributed by atoms with E-state index in [1.807, 2.05) is 0 Å². The summed E-state index contributed by atoms with van der Waals surface area (Å²) in [5.74, 6) is -0.369. The van der Waals surface area contributed by atoms with Gasteiger partial charge in [0.2, 0.25) is 10.0 Å². The molecule has 6 nitrogen and oxygen atoms in total. The standard InChI is InChI=1S/C13H24N2O4S/c1-10(2)4-5-14-6-11-7-15(20(3,18)19)9-13(11,8-14)12(16)17/h10-11H,4-9H2,1-3H3,(H,16,17)/t11-,13-/m1/s1. The smallest absolute Gasteiger partial charge is 0.312 e. The normalized spacial score (nSPS) is 31.9. The molecule has 2 rings (SSSR count). The third-order valence-corrected chi connectivity index (χ3v) is 5.78. The summed E-state index contributed by atoms with van der Waals surface area (Å²) in [6.45, 7) is 6.79. The first-order chi connectivity index (χ1) is 9.15. The fourth-order valence-electron chi connectivity index (χ4n) is 3.29. The molecule has 0 aromatic heterocycles. The Morgan fingerprint density at radius 3 is 2.45 bits per heavy atom. The number of carboxylic acids is 1. The van der Waals surface area contributed by atoms with Crippen LogP contribution in [0.2, 0.25) is 0 Å². The van der Waals surface area contributed by atoms with Crippen LogP contribution in [-0.4, -0.2) is 67.7 Å². The number of carbonyl (C=O) groups is 1. The van der Waals surface area contributed by atoms with Gasteiger partial charge in [0.25, 0.3) is 0 Å². The Hall–Kier alpha value is -0.660. The Morgan fingerprint density at radius 2 is 2.00 bits per heavy atom. The van der Waals surface area contributed by atoms with Gasteiger partial charge in [0, 0.05) is 32.1 Å². The first kappa shape index (κ1) is 15.7. The molecule has 0 aliphatic carbocycles. The lowest BCUT2D eigenvalue weighted by atomic mass is 9.81. The maximum atomic E-state index is 11.7. The van der Waals surface area contributed by atoms with Crippen molar-refractivity contribution in [3.8, 4) is 0 Å². The van der Waals surface area contributed by atoms with E-state index in [-0.39, 0.29) is 12.5 Å². The fourth-order valence-corrected chi connectivity index (χ4v) is 4.20. The Labute approximate surface area is 120 Å². The zero-order valence-corrected chi connectivity index (χ0v) is 13.2. The Kier molecular flexibility index (Phi) is 4.15. The molecule has 20 heavy (non-hydrogen) atoms. The molecule has 2 heterocycles. The first-order valence-corrected chi connectivity index (χ1v) is 8.91. The van der Waals surface area contributed by atoms with Crippen LogP contribution in [0.5, 0.6) is 0 Å². The molecule has 0 aromatic carbocycles. The molecule has 0 amide bonds. The third kappa shape index (κ3) is 2.84. The number of sulfonamides is 1. The molecule has 0 aromatic rings. The SMILES string of the molecule is CC(C)CCN1C[C@@H]2CN(S(C)(=O)=O)C[C@]2(C(=O)O)C1. The van der Waals surface area contributed by atoms with Crippen molar-refractivity contribution >= 4 is 16.0 Å². The van der Waals surface area contributed by atoms with Gasteiger partial charge in [0.15, 0.2) is 0 Å². The molecule has 2 aliphatic heterocycles. The minimum atomic E-state index is -3.31. The van der Waals surface area contributed by atoms with Crippen molar-refractivity contribution in [2.75, 3.05) is 39.0 Å². The third-order valence-electron chi connectivity index (χ3n) is 4.57. The Balaban J connectivity index is 2.11. The maximum Gasteiger partial charge on any atom is 0.312 e. The van der Waals surface area contributed by atoms with Crippen LogP contribution in [0.3, 0.4) is 0 Å². The summed E-state index contributed by atoms with van der Waals surface area (Å²) in [5.41, 5.74) is -0.917. The van der Waals surface area contributed by atoms with Gasteiger partial charge in [-0.25, -0.2) is 12.7 Å². The number of nitrogens with zero attached hydrogens (tertiary/aromatic N) is 2. The van der Waals surface area contributed by atoms with E-state index in [9.17, 15) is 18.3 Å². The van der Waals surface area contributed by atoms with E-state index in [0.29, 0.717) is 25.6 Å². The minimum absolute atomic E-state index is 0.0955. The molecule has 0 unspecified atom stereocenters. The van der Waals surface area contributed by atoms with E-state index in [1.54, 1.807) is 0 Å². The van der Waals surface area contributed by atoms with E-state index in [1.165, 1.54) is 4.31 Å². The highest BCUT2D eigenvalue weighted by atomic mass is 32.2.